The quantitative estimate of drug-likeness (QED) is 0.549. The standard InChI is InChI=1S/C20H28N6OS/c1-2-21-20(24-15-17-7-14-28-16-17)23-9-6-19(27)26-12-10-25(11-13-26)18-5-3-4-8-22-18/h3-5,7-8,14,16H,2,6,9-13,15H2,1H3,(H2,21,23,24). The van der Waals surface area contributed by atoms with Crippen molar-refractivity contribution in [2.45, 2.75) is 19.9 Å². The molecule has 0 unspecified atom stereocenters. The zero-order valence-corrected chi connectivity index (χ0v) is 17.1. The lowest BCUT2D eigenvalue weighted by Gasteiger charge is -2.35. The summed E-state index contributed by atoms with van der Waals surface area (Å²) >= 11 is 1.67. The Labute approximate surface area is 170 Å². The third-order valence-electron chi connectivity index (χ3n) is 4.58. The van der Waals surface area contributed by atoms with Gasteiger partial charge >= 0.3 is 0 Å². The molecular weight excluding hydrogens is 372 g/mol. The van der Waals surface area contributed by atoms with E-state index in [0.717, 1.165) is 44.5 Å². The number of rotatable bonds is 7. The number of hydrogen-bond acceptors (Lipinski definition) is 5. The second kappa shape index (κ2) is 10.7. The summed E-state index contributed by atoms with van der Waals surface area (Å²) in [6, 6.07) is 8.00. The fraction of sp³-hybridized carbons (Fsp3) is 0.450. The molecule has 0 aromatic carbocycles. The monoisotopic (exact) mass is 400 g/mol. The van der Waals surface area contributed by atoms with E-state index in [1.807, 2.05) is 30.0 Å². The maximum Gasteiger partial charge on any atom is 0.224 e. The predicted octanol–water partition coefficient (Wildman–Crippen LogP) is 1.94. The van der Waals surface area contributed by atoms with Crippen molar-refractivity contribution in [2.75, 3.05) is 44.2 Å². The van der Waals surface area contributed by atoms with Crippen LogP contribution >= 0.6 is 11.3 Å². The van der Waals surface area contributed by atoms with E-state index in [-0.39, 0.29) is 5.91 Å². The van der Waals surface area contributed by atoms with E-state index in [0.29, 0.717) is 19.5 Å². The van der Waals surface area contributed by atoms with Crippen LogP contribution in [0.2, 0.25) is 0 Å². The van der Waals surface area contributed by atoms with Crippen LogP contribution < -0.4 is 15.5 Å². The van der Waals surface area contributed by atoms with Crippen molar-refractivity contribution in [3.8, 4) is 0 Å². The van der Waals surface area contributed by atoms with Crippen molar-refractivity contribution in [1.29, 1.82) is 0 Å². The number of hydrogen-bond donors (Lipinski definition) is 2. The molecular formula is C20H28N6OS. The molecule has 3 heterocycles. The number of aliphatic imine (C=N–C) groups is 1. The molecule has 28 heavy (non-hydrogen) atoms. The summed E-state index contributed by atoms with van der Waals surface area (Å²) in [4.78, 5) is 25.6. The lowest BCUT2D eigenvalue weighted by molar-refractivity contribution is -0.131. The number of piperazine rings is 1. The van der Waals surface area contributed by atoms with Gasteiger partial charge in [-0.05, 0) is 41.4 Å². The molecule has 1 aliphatic heterocycles. The van der Waals surface area contributed by atoms with Gasteiger partial charge in [0, 0.05) is 51.9 Å². The Hall–Kier alpha value is -2.61. The molecule has 0 atom stereocenters. The predicted molar refractivity (Wildman–Crippen MR) is 115 cm³/mol. The first-order chi connectivity index (χ1) is 13.8. The van der Waals surface area contributed by atoms with Gasteiger partial charge in [0.2, 0.25) is 5.91 Å². The second-order valence-electron chi connectivity index (χ2n) is 6.56. The summed E-state index contributed by atoms with van der Waals surface area (Å²) in [5.74, 6) is 1.91. The van der Waals surface area contributed by atoms with Crippen LogP contribution in [0.15, 0.2) is 46.2 Å². The maximum atomic E-state index is 12.5. The van der Waals surface area contributed by atoms with E-state index in [1.54, 1.807) is 17.5 Å². The van der Waals surface area contributed by atoms with Crippen molar-refractivity contribution in [3.05, 3.63) is 46.8 Å². The Kier molecular flexibility index (Phi) is 7.66. The van der Waals surface area contributed by atoms with Gasteiger partial charge in [0.1, 0.15) is 5.82 Å². The zero-order chi connectivity index (χ0) is 19.6. The van der Waals surface area contributed by atoms with E-state index < -0.39 is 0 Å². The normalized spacial score (nSPS) is 14.8. The minimum absolute atomic E-state index is 0.182. The number of thiophene rings is 1. The summed E-state index contributed by atoms with van der Waals surface area (Å²) in [5.41, 5.74) is 1.20. The molecule has 1 saturated heterocycles. The molecule has 7 nitrogen and oxygen atoms in total. The molecule has 150 valence electrons. The Bertz CT molecular complexity index is 741. The molecule has 0 radical (unpaired) electrons. The van der Waals surface area contributed by atoms with Crippen molar-refractivity contribution in [1.82, 2.24) is 20.5 Å². The van der Waals surface area contributed by atoms with Crippen molar-refractivity contribution in [3.63, 3.8) is 0 Å². The van der Waals surface area contributed by atoms with Gasteiger partial charge in [-0.3, -0.25) is 4.79 Å². The van der Waals surface area contributed by atoms with Crippen LogP contribution in [0.5, 0.6) is 0 Å². The Morgan fingerprint density at radius 1 is 1.21 bits per heavy atom. The van der Waals surface area contributed by atoms with Gasteiger partial charge in [0.25, 0.3) is 0 Å². The van der Waals surface area contributed by atoms with Gasteiger partial charge in [-0.2, -0.15) is 11.3 Å². The first-order valence-corrected chi connectivity index (χ1v) is 10.7. The summed E-state index contributed by atoms with van der Waals surface area (Å²) in [6.07, 6.45) is 2.27. The maximum absolute atomic E-state index is 12.5. The number of nitrogens with zero attached hydrogens (tertiary/aromatic N) is 4. The van der Waals surface area contributed by atoms with Gasteiger partial charge in [0.15, 0.2) is 5.96 Å². The van der Waals surface area contributed by atoms with Crippen LogP contribution in [0.1, 0.15) is 18.9 Å². The lowest BCUT2D eigenvalue weighted by atomic mass is 10.2. The van der Waals surface area contributed by atoms with E-state index in [1.165, 1.54) is 5.56 Å². The fourth-order valence-corrected chi connectivity index (χ4v) is 3.73. The summed E-state index contributed by atoms with van der Waals surface area (Å²) < 4.78 is 0. The highest BCUT2D eigenvalue weighted by atomic mass is 32.1. The van der Waals surface area contributed by atoms with Crippen LogP contribution in [-0.4, -0.2) is 61.0 Å². The summed E-state index contributed by atoms with van der Waals surface area (Å²) in [7, 11) is 0. The SMILES string of the molecule is CCNC(=NCc1ccsc1)NCCC(=O)N1CCN(c2ccccn2)CC1. The number of carbonyl (C=O) groups excluding carboxylic acids is 1. The van der Waals surface area contributed by atoms with Crippen LogP contribution in [0.4, 0.5) is 5.82 Å². The number of carbonyl (C=O) groups is 1. The number of amides is 1. The van der Waals surface area contributed by atoms with E-state index in [9.17, 15) is 4.79 Å². The van der Waals surface area contributed by atoms with Gasteiger partial charge in [-0.25, -0.2) is 9.98 Å². The number of guanidine groups is 1. The number of nitrogens with one attached hydrogen (secondary N) is 2. The fourth-order valence-electron chi connectivity index (χ4n) is 3.07. The molecule has 0 aliphatic carbocycles. The number of aromatic nitrogens is 1. The number of pyridine rings is 1. The molecule has 2 N–H and O–H groups in total. The molecule has 0 spiro atoms. The first-order valence-electron chi connectivity index (χ1n) is 9.73. The molecule has 1 amide bonds. The Morgan fingerprint density at radius 2 is 2.07 bits per heavy atom. The largest absolute Gasteiger partial charge is 0.357 e. The zero-order valence-electron chi connectivity index (χ0n) is 16.3. The highest BCUT2D eigenvalue weighted by Crippen LogP contribution is 2.13. The van der Waals surface area contributed by atoms with Gasteiger partial charge < -0.3 is 20.4 Å². The van der Waals surface area contributed by atoms with Crippen molar-refractivity contribution >= 4 is 29.0 Å². The molecule has 0 saturated carbocycles. The van der Waals surface area contributed by atoms with E-state index in [4.69, 9.17) is 0 Å². The Balaban J connectivity index is 1.40. The van der Waals surface area contributed by atoms with E-state index >= 15 is 0 Å². The lowest BCUT2D eigenvalue weighted by Crippen LogP contribution is -2.49. The Morgan fingerprint density at radius 3 is 2.75 bits per heavy atom. The summed E-state index contributed by atoms with van der Waals surface area (Å²) in [5, 5.41) is 10.6. The van der Waals surface area contributed by atoms with Crippen LogP contribution in [-0.2, 0) is 11.3 Å². The molecule has 1 aliphatic rings. The average Bonchev–Trinajstić information content (AvgIpc) is 3.26. The third kappa shape index (κ3) is 5.95. The average molecular weight is 401 g/mol. The smallest absolute Gasteiger partial charge is 0.224 e. The van der Waals surface area contributed by atoms with Gasteiger partial charge in [-0.15, -0.1) is 0 Å². The first kappa shape index (κ1) is 20.1. The molecule has 1 fully saturated rings. The van der Waals surface area contributed by atoms with E-state index in [2.05, 4.69) is 42.3 Å². The van der Waals surface area contributed by atoms with Gasteiger partial charge in [0.05, 0.1) is 6.54 Å². The van der Waals surface area contributed by atoms with Crippen molar-refractivity contribution < 1.29 is 4.79 Å². The minimum Gasteiger partial charge on any atom is -0.357 e. The second-order valence-corrected chi connectivity index (χ2v) is 7.34. The molecule has 2 aromatic rings. The van der Waals surface area contributed by atoms with Crippen LogP contribution in [0.25, 0.3) is 0 Å². The molecule has 3 rings (SSSR count). The van der Waals surface area contributed by atoms with Crippen LogP contribution in [0, 0.1) is 0 Å². The topological polar surface area (TPSA) is 72.9 Å². The highest BCUT2D eigenvalue weighted by Gasteiger charge is 2.21. The minimum atomic E-state index is 0.182. The highest BCUT2D eigenvalue weighted by molar-refractivity contribution is 7.07. The molecule has 8 heteroatoms. The molecule has 2 aromatic heterocycles. The van der Waals surface area contributed by atoms with Crippen molar-refractivity contribution in [2.24, 2.45) is 4.99 Å². The molecule has 0 bridgehead atoms. The van der Waals surface area contributed by atoms with Gasteiger partial charge in [-0.1, -0.05) is 6.07 Å². The summed E-state index contributed by atoms with van der Waals surface area (Å²) in [6.45, 7) is 7.16. The number of anilines is 1. The third-order valence-corrected chi connectivity index (χ3v) is 5.31. The van der Waals surface area contributed by atoms with Crippen LogP contribution in [0.3, 0.4) is 0 Å².